The number of carbonyl (C=O) groups excluding carboxylic acids is 1. The maximum absolute atomic E-state index is 12.2. The Balaban J connectivity index is 2.73. The van der Waals surface area contributed by atoms with Gasteiger partial charge in [0.1, 0.15) is 5.75 Å². The molecule has 0 aromatic rings. The van der Waals surface area contributed by atoms with Crippen molar-refractivity contribution in [3.05, 3.63) is 0 Å². The van der Waals surface area contributed by atoms with Gasteiger partial charge in [0, 0.05) is 32.2 Å². The Labute approximate surface area is 122 Å². The zero-order valence-corrected chi connectivity index (χ0v) is 13.7. The summed E-state index contributed by atoms with van der Waals surface area (Å²) >= 11 is 0. The van der Waals surface area contributed by atoms with E-state index in [1.165, 1.54) is 4.31 Å². The molecule has 0 spiro atoms. The molecule has 7 heteroatoms. The van der Waals surface area contributed by atoms with Gasteiger partial charge < -0.3 is 10.6 Å². The van der Waals surface area contributed by atoms with E-state index in [-0.39, 0.29) is 17.4 Å². The molecular weight excluding hydrogens is 278 g/mol. The van der Waals surface area contributed by atoms with Gasteiger partial charge in [-0.15, -0.1) is 0 Å². The van der Waals surface area contributed by atoms with Gasteiger partial charge in [0.2, 0.25) is 15.9 Å². The minimum atomic E-state index is -3.51. The summed E-state index contributed by atoms with van der Waals surface area (Å²) in [6.45, 7) is 9.40. The summed E-state index contributed by atoms with van der Waals surface area (Å²) in [4.78, 5) is 13.9. The quantitative estimate of drug-likeness (QED) is 0.789. The van der Waals surface area contributed by atoms with Crippen molar-refractivity contribution in [1.29, 1.82) is 0 Å². The van der Waals surface area contributed by atoms with E-state index in [0.717, 1.165) is 0 Å². The fourth-order valence-electron chi connectivity index (χ4n) is 2.54. The van der Waals surface area contributed by atoms with Crippen molar-refractivity contribution in [3.63, 3.8) is 0 Å². The minimum Gasteiger partial charge on any atom is -0.341 e. The second-order valence-electron chi connectivity index (χ2n) is 6.04. The molecule has 1 amide bonds. The molecule has 1 rings (SSSR count). The molecule has 1 saturated heterocycles. The Bertz CT molecular complexity index is 444. The smallest absolute Gasteiger partial charge is 0.239 e. The average molecular weight is 305 g/mol. The molecule has 0 saturated carbocycles. The van der Waals surface area contributed by atoms with Crippen LogP contribution < -0.4 is 5.73 Å². The van der Waals surface area contributed by atoms with E-state index in [2.05, 4.69) is 0 Å². The summed E-state index contributed by atoms with van der Waals surface area (Å²) in [5.74, 6) is -0.767. The summed E-state index contributed by atoms with van der Waals surface area (Å²) in [7, 11) is -3.51. The predicted octanol–water partition coefficient (Wildman–Crippen LogP) is 0.244. The van der Waals surface area contributed by atoms with Crippen LogP contribution in [0.1, 0.15) is 34.1 Å². The lowest BCUT2D eigenvalue weighted by Crippen LogP contribution is -2.55. The van der Waals surface area contributed by atoms with Gasteiger partial charge in [0.05, 0.1) is 0 Å². The van der Waals surface area contributed by atoms with Crippen molar-refractivity contribution in [2.24, 2.45) is 11.1 Å². The summed E-state index contributed by atoms with van der Waals surface area (Å²) in [5.41, 5.74) is 5.86. The Morgan fingerprint density at radius 2 is 1.90 bits per heavy atom. The number of hydrogen-bond donors (Lipinski definition) is 1. The SMILES string of the molecule is CCN(CC)S(=O)(=O)CC(=O)N1CCC(N)C(C)(C)C1. The number of amides is 1. The first-order valence-corrected chi connectivity index (χ1v) is 8.76. The van der Waals surface area contributed by atoms with Gasteiger partial charge >= 0.3 is 0 Å². The van der Waals surface area contributed by atoms with E-state index >= 15 is 0 Å². The van der Waals surface area contributed by atoms with E-state index < -0.39 is 15.8 Å². The Hall–Kier alpha value is -0.660. The third-order valence-corrected chi connectivity index (χ3v) is 5.98. The van der Waals surface area contributed by atoms with Crippen molar-refractivity contribution in [3.8, 4) is 0 Å². The molecule has 1 aliphatic rings. The average Bonchev–Trinajstić information content (AvgIpc) is 2.33. The van der Waals surface area contributed by atoms with Crippen molar-refractivity contribution >= 4 is 15.9 Å². The van der Waals surface area contributed by atoms with Crippen LogP contribution >= 0.6 is 0 Å². The normalized spacial score (nSPS) is 23.1. The van der Waals surface area contributed by atoms with Crippen LogP contribution in [0.2, 0.25) is 0 Å². The summed E-state index contributed by atoms with van der Waals surface area (Å²) in [6.07, 6.45) is 0.712. The van der Waals surface area contributed by atoms with Gasteiger partial charge in [-0.1, -0.05) is 27.7 Å². The first-order valence-electron chi connectivity index (χ1n) is 7.15. The molecule has 1 fully saturated rings. The van der Waals surface area contributed by atoms with Gasteiger partial charge in [-0.3, -0.25) is 4.79 Å². The van der Waals surface area contributed by atoms with Crippen molar-refractivity contribution in [2.45, 2.75) is 40.2 Å². The Kier molecular flexibility index (Phi) is 5.57. The molecule has 2 N–H and O–H groups in total. The number of hydrogen-bond acceptors (Lipinski definition) is 4. The lowest BCUT2D eigenvalue weighted by Gasteiger charge is -2.42. The van der Waals surface area contributed by atoms with Gasteiger partial charge in [0.15, 0.2) is 0 Å². The van der Waals surface area contributed by atoms with Crippen LogP contribution in [0.25, 0.3) is 0 Å². The number of rotatable bonds is 5. The maximum Gasteiger partial charge on any atom is 0.239 e. The van der Waals surface area contributed by atoms with Crippen LogP contribution in [0.3, 0.4) is 0 Å². The second kappa shape index (κ2) is 6.41. The highest BCUT2D eigenvalue weighted by molar-refractivity contribution is 7.89. The van der Waals surface area contributed by atoms with Crippen LogP contribution in [0.4, 0.5) is 0 Å². The lowest BCUT2D eigenvalue weighted by atomic mass is 9.80. The van der Waals surface area contributed by atoms with Crippen molar-refractivity contribution in [2.75, 3.05) is 31.9 Å². The highest BCUT2D eigenvalue weighted by Gasteiger charge is 2.36. The molecule has 0 bridgehead atoms. The number of sulfonamides is 1. The molecule has 6 nitrogen and oxygen atoms in total. The zero-order valence-electron chi connectivity index (χ0n) is 12.9. The van der Waals surface area contributed by atoms with E-state index in [0.29, 0.717) is 32.6 Å². The molecule has 1 heterocycles. The third-order valence-electron chi connectivity index (χ3n) is 4.07. The molecule has 118 valence electrons. The first-order chi connectivity index (χ1) is 9.14. The fourth-order valence-corrected chi connectivity index (χ4v) is 4.01. The standard InChI is InChI=1S/C13H27N3O3S/c1-5-16(6-2)20(18,19)9-12(17)15-8-7-11(14)13(3,4)10-15/h11H,5-10,14H2,1-4H3. The molecule has 0 aliphatic carbocycles. The highest BCUT2D eigenvalue weighted by Crippen LogP contribution is 2.27. The van der Waals surface area contributed by atoms with Gasteiger partial charge in [-0.2, -0.15) is 0 Å². The highest BCUT2D eigenvalue weighted by atomic mass is 32.2. The number of nitrogens with two attached hydrogens (primary N) is 1. The predicted molar refractivity (Wildman–Crippen MR) is 79.7 cm³/mol. The number of piperidine rings is 1. The molecule has 1 aliphatic heterocycles. The van der Waals surface area contributed by atoms with Crippen LogP contribution in [0, 0.1) is 5.41 Å². The van der Waals surface area contributed by atoms with Gasteiger partial charge in [-0.25, -0.2) is 12.7 Å². The molecule has 1 unspecified atom stereocenters. The van der Waals surface area contributed by atoms with Crippen LogP contribution in [0.15, 0.2) is 0 Å². The van der Waals surface area contributed by atoms with E-state index in [1.54, 1.807) is 18.7 Å². The molecule has 20 heavy (non-hydrogen) atoms. The minimum absolute atomic E-state index is 0.0472. The molecule has 0 aromatic carbocycles. The number of nitrogens with zero attached hydrogens (tertiary/aromatic N) is 2. The topological polar surface area (TPSA) is 83.7 Å². The van der Waals surface area contributed by atoms with Crippen LogP contribution in [-0.4, -0.2) is 61.5 Å². The zero-order chi connectivity index (χ0) is 15.6. The molecule has 0 radical (unpaired) electrons. The van der Waals surface area contributed by atoms with Crippen molar-refractivity contribution in [1.82, 2.24) is 9.21 Å². The Morgan fingerprint density at radius 1 is 1.35 bits per heavy atom. The molecule has 1 atom stereocenters. The number of carbonyl (C=O) groups is 1. The fraction of sp³-hybridized carbons (Fsp3) is 0.923. The number of likely N-dealkylation sites (tertiary alicyclic amines) is 1. The van der Waals surface area contributed by atoms with E-state index in [1.807, 2.05) is 13.8 Å². The van der Waals surface area contributed by atoms with Crippen molar-refractivity contribution < 1.29 is 13.2 Å². The lowest BCUT2D eigenvalue weighted by molar-refractivity contribution is -0.131. The van der Waals surface area contributed by atoms with Gasteiger partial charge in [0.25, 0.3) is 0 Å². The summed E-state index contributed by atoms with van der Waals surface area (Å²) in [5, 5.41) is 0. The van der Waals surface area contributed by atoms with E-state index in [4.69, 9.17) is 5.73 Å². The largest absolute Gasteiger partial charge is 0.341 e. The molecular formula is C13H27N3O3S. The summed E-state index contributed by atoms with van der Waals surface area (Å²) < 4.78 is 25.6. The third kappa shape index (κ3) is 3.93. The van der Waals surface area contributed by atoms with Gasteiger partial charge in [-0.05, 0) is 11.8 Å². The maximum atomic E-state index is 12.2. The van der Waals surface area contributed by atoms with E-state index in [9.17, 15) is 13.2 Å². The van der Waals surface area contributed by atoms with Crippen LogP contribution in [-0.2, 0) is 14.8 Å². The summed E-state index contributed by atoms with van der Waals surface area (Å²) in [6, 6.07) is 0.0472. The second-order valence-corrected chi connectivity index (χ2v) is 8.01. The molecule has 0 aromatic heterocycles. The Morgan fingerprint density at radius 3 is 2.35 bits per heavy atom. The monoisotopic (exact) mass is 305 g/mol. The van der Waals surface area contributed by atoms with Crippen LogP contribution in [0.5, 0.6) is 0 Å². The first kappa shape index (κ1) is 17.4.